The van der Waals surface area contributed by atoms with E-state index in [1.807, 2.05) is 0 Å². The summed E-state index contributed by atoms with van der Waals surface area (Å²) >= 11 is 0. The minimum atomic E-state index is -0.291. The first kappa shape index (κ1) is 7.26. The van der Waals surface area contributed by atoms with Crippen molar-refractivity contribution < 1.29 is 4.39 Å². The molecule has 0 saturated heterocycles. The highest BCUT2D eigenvalue weighted by molar-refractivity contribution is 6.37. The molecule has 0 aromatic heterocycles. The summed E-state index contributed by atoms with van der Waals surface area (Å²) in [6.45, 7) is 0. The quantitative estimate of drug-likeness (QED) is 0.521. The molecule has 0 aromatic carbocycles. The summed E-state index contributed by atoms with van der Waals surface area (Å²) < 4.78 is 11.8. The summed E-state index contributed by atoms with van der Waals surface area (Å²) in [4.78, 5) is 0. The average molecular weight is 146 g/mol. The third-order valence-electron chi connectivity index (χ3n) is 2.24. The zero-order valence-corrected chi connectivity index (χ0v) is 7.32. The fraction of sp³-hybridized carbons (Fsp3) is 1.00. The third kappa shape index (κ3) is 2.48. The SMILES string of the molecule is FC[SiH2]C1CCCCC1. The molecular formula is C7H15FSi. The van der Waals surface area contributed by atoms with Gasteiger partial charge in [0.05, 0.1) is 15.8 Å². The van der Waals surface area contributed by atoms with Crippen LogP contribution in [0.5, 0.6) is 0 Å². The Kier molecular flexibility index (Phi) is 3.26. The number of halogens is 1. The minimum absolute atomic E-state index is 0.0324. The van der Waals surface area contributed by atoms with Gasteiger partial charge in [0.25, 0.3) is 0 Å². The lowest BCUT2D eigenvalue weighted by Crippen LogP contribution is -2.09. The van der Waals surface area contributed by atoms with Crippen molar-refractivity contribution >= 4 is 9.52 Å². The molecule has 1 saturated carbocycles. The van der Waals surface area contributed by atoms with Gasteiger partial charge in [0, 0.05) is 0 Å². The molecule has 1 aliphatic carbocycles. The molecule has 0 bridgehead atoms. The van der Waals surface area contributed by atoms with Gasteiger partial charge in [0.15, 0.2) is 0 Å². The van der Waals surface area contributed by atoms with Crippen molar-refractivity contribution in [2.24, 2.45) is 0 Å². The predicted octanol–water partition coefficient (Wildman–Crippen LogP) is 1.83. The molecule has 0 aromatic rings. The van der Waals surface area contributed by atoms with Gasteiger partial charge in [-0.2, -0.15) is 0 Å². The molecule has 0 amide bonds. The molecule has 54 valence electrons. The summed E-state index contributed by atoms with van der Waals surface area (Å²) in [5.74, 6) is 0. The first-order valence-corrected chi connectivity index (χ1v) is 5.81. The van der Waals surface area contributed by atoms with Gasteiger partial charge in [-0.05, 0) is 5.54 Å². The first-order valence-electron chi connectivity index (χ1n) is 3.99. The second kappa shape index (κ2) is 4.04. The van der Waals surface area contributed by atoms with Crippen LogP contribution in [-0.2, 0) is 0 Å². The maximum atomic E-state index is 11.8. The number of hydrogen-bond acceptors (Lipinski definition) is 0. The molecule has 0 aliphatic heterocycles. The smallest absolute Gasteiger partial charge is 0.0733 e. The lowest BCUT2D eigenvalue weighted by molar-refractivity contribution is 0.490. The molecule has 1 fully saturated rings. The minimum Gasteiger partial charge on any atom is -0.256 e. The van der Waals surface area contributed by atoms with Crippen molar-refractivity contribution in [3.05, 3.63) is 0 Å². The Morgan fingerprint density at radius 1 is 1.22 bits per heavy atom. The van der Waals surface area contributed by atoms with Crippen molar-refractivity contribution in [2.45, 2.75) is 37.6 Å². The van der Waals surface area contributed by atoms with Crippen LogP contribution in [0.2, 0.25) is 5.54 Å². The predicted molar refractivity (Wildman–Crippen MR) is 41.4 cm³/mol. The highest BCUT2D eigenvalue weighted by Gasteiger charge is 2.12. The van der Waals surface area contributed by atoms with Crippen molar-refractivity contribution in [3.63, 3.8) is 0 Å². The van der Waals surface area contributed by atoms with Crippen molar-refractivity contribution in [2.75, 3.05) is 6.30 Å². The number of rotatable bonds is 2. The van der Waals surface area contributed by atoms with E-state index in [2.05, 4.69) is 0 Å². The molecule has 2 heteroatoms. The fourth-order valence-corrected chi connectivity index (χ4v) is 3.09. The van der Waals surface area contributed by atoms with Crippen molar-refractivity contribution in [1.29, 1.82) is 0 Å². The third-order valence-corrected chi connectivity index (χ3v) is 4.09. The van der Waals surface area contributed by atoms with Gasteiger partial charge in [0.2, 0.25) is 0 Å². The van der Waals surface area contributed by atoms with Crippen molar-refractivity contribution in [1.82, 2.24) is 0 Å². The fourth-order valence-electron chi connectivity index (χ4n) is 1.63. The molecule has 1 rings (SSSR count). The van der Waals surface area contributed by atoms with Crippen LogP contribution < -0.4 is 0 Å². The van der Waals surface area contributed by atoms with Gasteiger partial charge in [-0.25, -0.2) is 0 Å². The summed E-state index contributed by atoms with van der Waals surface area (Å²) in [7, 11) is -0.291. The van der Waals surface area contributed by atoms with Crippen LogP contribution >= 0.6 is 0 Å². The Balaban J connectivity index is 2.08. The van der Waals surface area contributed by atoms with E-state index in [1.165, 1.54) is 32.1 Å². The van der Waals surface area contributed by atoms with E-state index in [-0.39, 0.29) is 15.8 Å². The van der Waals surface area contributed by atoms with Gasteiger partial charge in [0.1, 0.15) is 0 Å². The van der Waals surface area contributed by atoms with Crippen LogP contribution in [-0.4, -0.2) is 15.8 Å². The van der Waals surface area contributed by atoms with E-state index < -0.39 is 0 Å². The topological polar surface area (TPSA) is 0 Å². The van der Waals surface area contributed by atoms with Gasteiger partial charge in [-0.15, -0.1) is 0 Å². The Labute approximate surface area is 58.7 Å². The van der Waals surface area contributed by atoms with Crippen LogP contribution in [0, 0.1) is 0 Å². The zero-order valence-electron chi connectivity index (χ0n) is 5.91. The standard InChI is InChI=1S/C7H15FSi/c8-6-9-7-4-2-1-3-5-7/h7H,1-6,9H2. The lowest BCUT2D eigenvalue weighted by atomic mass is 10.0. The van der Waals surface area contributed by atoms with E-state index in [1.54, 1.807) is 0 Å². The van der Waals surface area contributed by atoms with Gasteiger partial charge in [-0.1, -0.05) is 32.1 Å². The average Bonchev–Trinajstić information content (AvgIpc) is 1.91. The van der Waals surface area contributed by atoms with Gasteiger partial charge in [-0.3, -0.25) is 4.39 Å². The van der Waals surface area contributed by atoms with E-state index in [4.69, 9.17) is 0 Å². The summed E-state index contributed by atoms with van der Waals surface area (Å²) in [6.07, 6.45) is 6.86. The molecule has 0 unspecified atom stereocenters. The summed E-state index contributed by atoms with van der Waals surface area (Å²) in [6, 6.07) is 0. The highest BCUT2D eigenvalue weighted by atomic mass is 28.2. The van der Waals surface area contributed by atoms with Crippen LogP contribution in [0.1, 0.15) is 32.1 Å². The lowest BCUT2D eigenvalue weighted by Gasteiger charge is -2.19. The van der Waals surface area contributed by atoms with Crippen LogP contribution in [0.4, 0.5) is 4.39 Å². The molecule has 0 atom stereocenters. The largest absolute Gasteiger partial charge is 0.256 e. The van der Waals surface area contributed by atoms with Crippen LogP contribution in [0.15, 0.2) is 0 Å². The molecule has 0 N–H and O–H groups in total. The second-order valence-corrected chi connectivity index (χ2v) is 5.09. The molecule has 0 radical (unpaired) electrons. The zero-order chi connectivity index (χ0) is 6.53. The van der Waals surface area contributed by atoms with Gasteiger partial charge >= 0.3 is 0 Å². The molecule has 1 aliphatic rings. The number of alkyl halides is 1. The maximum Gasteiger partial charge on any atom is 0.0733 e. The Morgan fingerprint density at radius 2 is 1.89 bits per heavy atom. The first-order chi connectivity index (χ1) is 4.43. The molecule has 0 spiro atoms. The van der Waals surface area contributed by atoms with Crippen molar-refractivity contribution in [3.8, 4) is 0 Å². The van der Waals surface area contributed by atoms with E-state index in [9.17, 15) is 4.39 Å². The highest BCUT2D eigenvalue weighted by Crippen LogP contribution is 2.27. The van der Waals surface area contributed by atoms with Crippen LogP contribution in [0.25, 0.3) is 0 Å². The second-order valence-electron chi connectivity index (χ2n) is 2.98. The van der Waals surface area contributed by atoms with E-state index >= 15 is 0 Å². The monoisotopic (exact) mass is 146 g/mol. The molecule has 0 heterocycles. The number of hydrogen-bond donors (Lipinski definition) is 0. The maximum absolute atomic E-state index is 11.8. The summed E-state index contributed by atoms with van der Waals surface area (Å²) in [5, 5.41) is 0. The Morgan fingerprint density at radius 3 is 2.44 bits per heavy atom. The Bertz CT molecular complexity index is 66.6. The van der Waals surface area contributed by atoms with Gasteiger partial charge < -0.3 is 0 Å². The van der Waals surface area contributed by atoms with Crippen LogP contribution in [0.3, 0.4) is 0 Å². The van der Waals surface area contributed by atoms with E-state index in [0.717, 1.165) is 5.54 Å². The molecule has 0 nitrogen and oxygen atoms in total. The Hall–Kier alpha value is 0.147. The summed E-state index contributed by atoms with van der Waals surface area (Å²) in [5.41, 5.74) is 0.865. The molecule has 9 heavy (non-hydrogen) atoms. The van der Waals surface area contributed by atoms with E-state index in [0.29, 0.717) is 0 Å². The normalized spacial score (nSPS) is 23.7. The molecular weight excluding hydrogens is 131 g/mol.